The third kappa shape index (κ3) is 2.67. The highest BCUT2D eigenvalue weighted by Crippen LogP contribution is 2.35. The largest absolute Gasteiger partial charge is 0.508 e. The second-order valence-electron chi connectivity index (χ2n) is 5.42. The van der Waals surface area contributed by atoms with Crippen molar-refractivity contribution in [1.29, 1.82) is 0 Å². The first kappa shape index (κ1) is 13.5. The molecule has 0 radical (unpaired) electrons. The van der Waals surface area contributed by atoms with Gasteiger partial charge in [-0.25, -0.2) is 0 Å². The molecule has 0 aliphatic heterocycles. The lowest BCUT2D eigenvalue weighted by Gasteiger charge is -2.21. The molecule has 0 aromatic heterocycles. The Morgan fingerprint density at radius 2 is 2.10 bits per heavy atom. The van der Waals surface area contributed by atoms with Crippen LogP contribution in [0.15, 0.2) is 42.5 Å². The van der Waals surface area contributed by atoms with Crippen LogP contribution < -0.4 is 5.32 Å². The zero-order valence-corrected chi connectivity index (χ0v) is 12.2. The number of aryl methyl sites for hydroxylation is 1. The Hall–Kier alpha value is -1.51. The Morgan fingerprint density at radius 3 is 2.90 bits per heavy atom. The summed E-state index contributed by atoms with van der Waals surface area (Å²) < 4.78 is 0. The number of hydrogen-bond acceptors (Lipinski definition) is 2. The number of phenols is 1. The van der Waals surface area contributed by atoms with E-state index in [1.54, 1.807) is 6.07 Å². The minimum atomic E-state index is 0.249. The van der Waals surface area contributed by atoms with E-state index in [0.29, 0.717) is 11.8 Å². The van der Waals surface area contributed by atoms with Crippen LogP contribution in [0, 0.1) is 0 Å². The summed E-state index contributed by atoms with van der Waals surface area (Å²) in [7, 11) is 0. The number of benzene rings is 2. The molecule has 0 heterocycles. The van der Waals surface area contributed by atoms with Gasteiger partial charge in [0, 0.05) is 17.1 Å². The molecule has 2 aromatic rings. The van der Waals surface area contributed by atoms with Gasteiger partial charge in [-0.3, -0.25) is 0 Å². The quantitative estimate of drug-likeness (QED) is 0.878. The van der Waals surface area contributed by atoms with Crippen LogP contribution >= 0.6 is 11.6 Å². The molecule has 0 bridgehead atoms. The van der Waals surface area contributed by atoms with Gasteiger partial charge in [-0.05, 0) is 60.7 Å². The number of fused-ring (bicyclic) bond motifs is 1. The van der Waals surface area contributed by atoms with Gasteiger partial charge < -0.3 is 10.4 Å². The van der Waals surface area contributed by atoms with Gasteiger partial charge in [0.15, 0.2) is 0 Å². The summed E-state index contributed by atoms with van der Waals surface area (Å²) in [4.78, 5) is 0. The highest BCUT2D eigenvalue weighted by molar-refractivity contribution is 6.30. The monoisotopic (exact) mass is 287 g/mol. The molecule has 0 fully saturated rings. The molecule has 1 unspecified atom stereocenters. The lowest BCUT2D eigenvalue weighted by Crippen LogP contribution is -2.22. The summed E-state index contributed by atoms with van der Waals surface area (Å²) in [6.45, 7) is 2.16. The van der Waals surface area contributed by atoms with Gasteiger partial charge in [-0.15, -0.1) is 0 Å². The maximum atomic E-state index is 9.54. The molecule has 104 valence electrons. The molecule has 0 amide bonds. The van der Waals surface area contributed by atoms with Gasteiger partial charge >= 0.3 is 0 Å². The summed E-state index contributed by atoms with van der Waals surface area (Å²) in [6, 6.07) is 14.2. The van der Waals surface area contributed by atoms with Crippen LogP contribution in [0.4, 0.5) is 0 Å². The molecule has 1 aliphatic rings. The third-order valence-electron chi connectivity index (χ3n) is 4.00. The molecule has 2 N–H and O–H groups in total. The number of hydrogen-bond donors (Lipinski definition) is 2. The average molecular weight is 288 g/mol. The van der Waals surface area contributed by atoms with Crippen molar-refractivity contribution in [3.05, 3.63) is 64.2 Å². The van der Waals surface area contributed by atoms with Crippen molar-refractivity contribution in [2.45, 2.75) is 31.8 Å². The van der Waals surface area contributed by atoms with E-state index in [4.69, 9.17) is 11.6 Å². The third-order valence-corrected chi connectivity index (χ3v) is 4.24. The lowest BCUT2D eigenvalue weighted by atomic mass is 10.0. The Labute approximate surface area is 124 Å². The van der Waals surface area contributed by atoms with Crippen LogP contribution in [0.2, 0.25) is 5.02 Å². The van der Waals surface area contributed by atoms with Crippen molar-refractivity contribution in [3.63, 3.8) is 0 Å². The molecular formula is C17H18ClNO. The number of halogens is 1. The minimum Gasteiger partial charge on any atom is -0.508 e. The Kier molecular flexibility index (Phi) is 3.68. The molecule has 2 nitrogen and oxygen atoms in total. The molecule has 0 spiro atoms. The van der Waals surface area contributed by atoms with Crippen LogP contribution in [-0.4, -0.2) is 5.11 Å². The summed E-state index contributed by atoms with van der Waals surface area (Å²) in [5.41, 5.74) is 3.75. The topological polar surface area (TPSA) is 32.3 Å². The first-order chi connectivity index (χ1) is 9.63. The van der Waals surface area contributed by atoms with Crippen molar-refractivity contribution in [3.8, 4) is 5.75 Å². The molecule has 2 aromatic carbocycles. The van der Waals surface area contributed by atoms with Crippen molar-refractivity contribution < 1.29 is 5.11 Å². The predicted octanol–water partition coefficient (Wildman–Crippen LogP) is 4.38. The fourth-order valence-corrected chi connectivity index (χ4v) is 3.15. The van der Waals surface area contributed by atoms with E-state index in [9.17, 15) is 5.11 Å². The molecule has 3 rings (SSSR count). The number of nitrogens with one attached hydrogen (secondary N) is 1. The first-order valence-electron chi connectivity index (χ1n) is 6.97. The van der Waals surface area contributed by atoms with Gasteiger partial charge in [-0.1, -0.05) is 29.8 Å². The summed E-state index contributed by atoms with van der Waals surface area (Å²) in [5, 5.41) is 14.0. The van der Waals surface area contributed by atoms with Crippen molar-refractivity contribution in [2.24, 2.45) is 0 Å². The number of rotatable bonds is 3. The second kappa shape index (κ2) is 5.47. The van der Waals surface area contributed by atoms with E-state index in [-0.39, 0.29) is 6.04 Å². The number of phenolic OH excluding ortho intramolecular Hbond substituents is 1. The molecule has 0 saturated heterocycles. The van der Waals surface area contributed by atoms with Gasteiger partial charge in [0.05, 0.1) is 0 Å². The van der Waals surface area contributed by atoms with E-state index in [1.807, 2.05) is 30.3 Å². The van der Waals surface area contributed by atoms with E-state index in [1.165, 1.54) is 16.7 Å². The molecule has 20 heavy (non-hydrogen) atoms. The van der Waals surface area contributed by atoms with Crippen LogP contribution in [0.1, 0.15) is 42.1 Å². The fourth-order valence-electron chi connectivity index (χ4n) is 2.95. The van der Waals surface area contributed by atoms with Crippen molar-refractivity contribution >= 4 is 11.6 Å². The highest BCUT2D eigenvalue weighted by Gasteiger charge is 2.24. The Morgan fingerprint density at radius 1 is 1.25 bits per heavy atom. The van der Waals surface area contributed by atoms with Crippen LogP contribution in [0.3, 0.4) is 0 Å². The van der Waals surface area contributed by atoms with Gasteiger partial charge in [0.1, 0.15) is 5.75 Å². The fraction of sp³-hybridized carbons (Fsp3) is 0.294. The first-order valence-corrected chi connectivity index (χ1v) is 7.34. The van der Waals surface area contributed by atoms with Crippen LogP contribution in [-0.2, 0) is 6.42 Å². The summed E-state index contributed by atoms with van der Waals surface area (Å²) >= 11 is 6.05. The smallest absolute Gasteiger partial charge is 0.115 e. The molecule has 1 aliphatic carbocycles. The Bertz CT molecular complexity index is 626. The normalized spacial score (nSPS) is 18.8. The van der Waals surface area contributed by atoms with Gasteiger partial charge in [-0.2, -0.15) is 0 Å². The summed E-state index contributed by atoms with van der Waals surface area (Å²) in [6.07, 6.45) is 2.09. The average Bonchev–Trinajstić information content (AvgIpc) is 2.81. The molecule has 3 heteroatoms. The maximum Gasteiger partial charge on any atom is 0.115 e. The highest BCUT2D eigenvalue weighted by atomic mass is 35.5. The van der Waals surface area contributed by atoms with Crippen molar-refractivity contribution in [2.75, 3.05) is 0 Å². The molecular weight excluding hydrogens is 270 g/mol. The van der Waals surface area contributed by atoms with Crippen LogP contribution in [0.25, 0.3) is 0 Å². The van der Waals surface area contributed by atoms with Gasteiger partial charge in [0.25, 0.3) is 0 Å². The SMILES string of the molecule is C[C@H](NC1CCc2cc(O)ccc21)c1cccc(Cl)c1. The number of aromatic hydroxyl groups is 1. The lowest BCUT2D eigenvalue weighted by molar-refractivity contribution is 0.464. The zero-order chi connectivity index (χ0) is 14.1. The van der Waals surface area contributed by atoms with E-state index >= 15 is 0 Å². The predicted molar refractivity (Wildman–Crippen MR) is 82.2 cm³/mol. The molecule has 2 atom stereocenters. The van der Waals surface area contributed by atoms with Crippen molar-refractivity contribution in [1.82, 2.24) is 5.32 Å². The van der Waals surface area contributed by atoms with Crippen LogP contribution in [0.5, 0.6) is 5.75 Å². The Balaban J connectivity index is 1.77. The zero-order valence-electron chi connectivity index (χ0n) is 11.4. The standard InChI is InChI=1S/C17H18ClNO/c1-11(12-3-2-4-14(18)9-12)19-17-8-5-13-10-15(20)6-7-16(13)17/h2-4,6-7,9-11,17,19-20H,5,8H2,1H3/t11-,17?/m0/s1. The molecule has 0 saturated carbocycles. The van der Waals surface area contributed by atoms with Gasteiger partial charge in [0.2, 0.25) is 0 Å². The minimum absolute atomic E-state index is 0.249. The van der Waals surface area contributed by atoms with E-state index in [0.717, 1.165) is 17.9 Å². The summed E-state index contributed by atoms with van der Waals surface area (Å²) in [5.74, 6) is 0.354. The van der Waals surface area contributed by atoms with E-state index < -0.39 is 0 Å². The second-order valence-corrected chi connectivity index (χ2v) is 5.85. The maximum absolute atomic E-state index is 9.54. The van der Waals surface area contributed by atoms with E-state index in [2.05, 4.69) is 18.3 Å².